The van der Waals surface area contributed by atoms with E-state index in [-0.39, 0.29) is 5.75 Å². The van der Waals surface area contributed by atoms with Gasteiger partial charge in [-0.2, -0.15) is 0 Å². The zero-order valence-corrected chi connectivity index (χ0v) is 11.5. The normalized spacial score (nSPS) is 12.0. The average molecular weight is 276 g/mol. The molecule has 3 nitrogen and oxygen atoms in total. The molecular formula is C16H17FO3. The highest BCUT2D eigenvalue weighted by molar-refractivity contribution is 5.42. The lowest BCUT2D eigenvalue weighted by Crippen LogP contribution is -1.99. The maximum absolute atomic E-state index is 13.9. The van der Waals surface area contributed by atoms with E-state index in [1.807, 2.05) is 6.92 Å². The second-order valence-electron chi connectivity index (χ2n) is 4.34. The van der Waals surface area contributed by atoms with Gasteiger partial charge in [0.1, 0.15) is 11.5 Å². The van der Waals surface area contributed by atoms with E-state index in [1.54, 1.807) is 43.3 Å². The van der Waals surface area contributed by atoms with Crippen LogP contribution in [0.5, 0.6) is 17.2 Å². The van der Waals surface area contributed by atoms with Gasteiger partial charge in [0.25, 0.3) is 0 Å². The number of para-hydroxylation sites is 1. The lowest BCUT2D eigenvalue weighted by Gasteiger charge is -2.14. The molecule has 2 aromatic carbocycles. The Kier molecular flexibility index (Phi) is 4.58. The van der Waals surface area contributed by atoms with Crippen LogP contribution in [0.3, 0.4) is 0 Å². The van der Waals surface area contributed by atoms with E-state index in [2.05, 4.69) is 0 Å². The molecule has 0 spiro atoms. The molecule has 0 saturated heterocycles. The molecule has 2 rings (SSSR count). The van der Waals surface area contributed by atoms with Crippen LogP contribution >= 0.6 is 0 Å². The van der Waals surface area contributed by atoms with E-state index in [9.17, 15) is 9.50 Å². The summed E-state index contributed by atoms with van der Waals surface area (Å²) in [5.41, 5.74) is 0.409. The molecule has 0 aliphatic rings. The number of hydrogen-bond acceptors (Lipinski definition) is 3. The third-order valence-electron chi connectivity index (χ3n) is 2.78. The van der Waals surface area contributed by atoms with Crippen LogP contribution in [0.1, 0.15) is 25.5 Å². The summed E-state index contributed by atoms with van der Waals surface area (Å²) in [5.74, 6) is 0.643. The summed E-state index contributed by atoms with van der Waals surface area (Å²) in [5, 5.41) is 9.67. The first kappa shape index (κ1) is 14.3. The number of halogens is 1. The minimum absolute atomic E-state index is 0.0381. The zero-order valence-electron chi connectivity index (χ0n) is 11.5. The van der Waals surface area contributed by atoms with Crippen LogP contribution in [0.2, 0.25) is 0 Å². The van der Waals surface area contributed by atoms with Crippen molar-refractivity contribution in [3.8, 4) is 17.2 Å². The second-order valence-corrected chi connectivity index (χ2v) is 4.34. The van der Waals surface area contributed by atoms with E-state index < -0.39 is 11.9 Å². The number of ether oxygens (including phenoxy) is 2. The first-order chi connectivity index (χ1) is 9.61. The van der Waals surface area contributed by atoms with Crippen LogP contribution < -0.4 is 9.47 Å². The van der Waals surface area contributed by atoms with Crippen molar-refractivity contribution in [2.75, 3.05) is 6.61 Å². The largest absolute Gasteiger partial charge is 0.494 e. The van der Waals surface area contributed by atoms with Gasteiger partial charge in [0.15, 0.2) is 11.6 Å². The Balaban J connectivity index is 2.32. The SMILES string of the molecule is CCOc1cccc(Oc2c(F)cccc2[C@@H](C)O)c1. The molecule has 2 aromatic rings. The van der Waals surface area contributed by atoms with Crippen LogP contribution in [0.15, 0.2) is 42.5 Å². The zero-order chi connectivity index (χ0) is 14.5. The van der Waals surface area contributed by atoms with Crippen molar-refractivity contribution in [3.63, 3.8) is 0 Å². The topological polar surface area (TPSA) is 38.7 Å². The Morgan fingerprint density at radius 3 is 2.55 bits per heavy atom. The van der Waals surface area contributed by atoms with Gasteiger partial charge in [0.05, 0.1) is 12.7 Å². The molecule has 0 amide bonds. The highest BCUT2D eigenvalue weighted by Crippen LogP contribution is 2.33. The molecule has 4 heteroatoms. The molecule has 106 valence electrons. The average Bonchev–Trinajstić information content (AvgIpc) is 2.41. The van der Waals surface area contributed by atoms with Crippen molar-refractivity contribution in [1.82, 2.24) is 0 Å². The predicted molar refractivity (Wildman–Crippen MR) is 74.7 cm³/mol. The van der Waals surface area contributed by atoms with E-state index in [0.717, 1.165) is 0 Å². The Morgan fingerprint density at radius 1 is 1.15 bits per heavy atom. The molecule has 1 N–H and O–H groups in total. The highest BCUT2D eigenvalue weighted by Gasteiger charge is 2.14. The van der Waals surface area contributed by atoms with E-state index in [1.165, 1.54) is 6.07 Å². The fourth-order valence-corrected chi connectivity index (χ4v) is 1.87. The summed E-state index contributed by atoms with van der Waals surface area (Å²) < 4.78 is 24.8. The van der Waals surface area contributed by atoms with Gasteiger partial charge in [-0.05, 0) is 32.0 Å². The van der Waals surface area contributed by atoms with Crippen molar-refractivity contribution in [2.45, 2.75) is 20.0 Å². The molecule has 20 heavy (non-hydrogen) atoms. The van der Waals surface area contributed by atoms with Crippen LogP contribution in [0, 0.1) is 5.82 Å². The van der Waals surface area contributed by atoms with Gasteiger partial charge in [-0.15, -0.1) is 0 Å². The molecule has 0 aliphatic carbocycles. The number of aliphatic hydroxyl groups is 1. The quantitative estimate of drug-likeness (QED) is 0.894. The predicted octanol–water partition coefficient (Wildman–Crippen LogP) is 4.07. The van der Waals surface area contributed by atoms with Gasteiger partial charge >= 0.3 is 0 Å². The number of hydrogen-bond donors (Lipinski definition) is 1. The minimum Gasteiger partial charge on any atom is -0.494 e. The Hall–Kier alpha value is -2.07. The van der Waals surface area contributed by atoms with Crippen LogP contribution in [-0.2, 0) is 0 Å². The van der Waals surface area contributed by atoms with Crippen LogP contribution in [0.4, 0.5) is 4.39 Å². The number of aliphatic hydroxyl groups excluding tert-OH is 1. The third kappa shape index (κ3) is 3.27. The number of benzene rings is 2. The van der Waals surface area contributed by atoms with Gasteiger partial charge in [0, 0.05) is 11.6 Å². The van der Waals surface area contributed by atoms with Gasteiger partial charge in [-0.3, -0.25) is 0 Å². The summed E-state index contributed by atoms with van der Waals surface area (Å²) in [6.07, 6.45) is -0.809. The summed E-state index contributed by atoms with van der Waals surface area (Å²) >= 11 is 0. The highest BCUT2D eigenvalue weighted by atomic mass is 19.1. The fraction of sp³-hybridized carbons (Fsp3) is 0.250. The third-order valence-corrected chi connectivity index (χ3v) is 2.78. The fourth-order valence-electron chi connectivity index (χ4n) is 1.87. The maximum Gasteiger partial charge on any atom is 0.168 e. The lowest BCUT2D eigenvalue weighted by atomic mass is 10.1. The molecule has 0 unspecified atom stereocenters. The van der Waals surface area contributed by atoms with Crippen molar-refractivity contribution in [1.29, 1.82) is 0 Å². The van der Waals surface area contributed by atoms with Gasteiger partial charge in [-0.25, -0.2) is 4.39 Å². The summed E-state index contributed by atoms with van der Waals surface area (Å²) in [6.45, 7) is 4.00. The Bertz CT molecular complexity index is 582. The molecule has 0 bridgehead atoms. The first-order valence-corrected chi connectivity index (χ1v) is 6.49. The standard InChI is InChI=1S/C16H17FO3/c1-3-19-12-6-4-7-13(10-12)20-16-14(11(2)18)8-5-9-15(16)17/h4-11,18H,3H2,1-2H3/t11-/m1/s1. The Labute approximate surface area is 117 Å². The molecule has 0 saturated carbocycles. The van der Waals surface area contributed by atoms with Gasteiger partial charge in [-0.1, -0.05) is 18.2 Å². The van der Waals surface area contributed by atoms with E-state index in [4.69, 9.17) is 9.47 Å². The Morgan fingerprint density at radius 2 is 1.85 bits per heavy atom. The van der Waals surface area contributed by atoms with Gasteiger partial charge < -0.3 is 14.6 Å². The van der Waals surface area contributed by atoms with Crippen molar-refractivity contribution in [2.24, 2.45) is 0 Å². The molecule has 0 heterocycles. The second kappa shape index (κ2) is 6.39. The van der Waals surface area contributed by atoms with Crippen molar-refractivity contribution < 1.29 is 19.0 Å². The van der Waals surface area contributed by atoms with Crippen molar-refractivity contribution in [3.05, 3.63) is 53.8 Å². The molecule has 0 radical (unpaired) electrons. The summed E-state index contributed by atoms with van der Waals surface area (Å²) in [4.78, 5) is 0. The smallest absolute Gasteiger partial charge is 0.168 e. The summed E-state index contributed by atoms with van der Waals surface area (Å²) in [6, 6.07) is 11.4. The maximum atomic E-state index is 13.9. The monoisotopic (exact) mass is 276 g/mol. The molecule has 0 aliphatic heterocycles. The minimum atomic E-state index is -0.809. The summed E-state index contributed by atoms with van der Waals surface area (Å²) in [7, 11) is 0. The first-order valence-electron chi connectivity index (χ1n) is 6.49. The molecule has 0 aromatic heterocycles. The van der Waals surface area contributed by atoms with E-state index in [0.29, 0.717) is 23.7 Å². The van der Waals surface area contributed by atoms with Gasteiger partial charge in [0.2, 0.25) is 0 Å². The molecule has 1 atom stereocenters. The molecule has 0 fully saturated rings. The molecular weight excluding hydrogens is 259 g/mol. The van der Waals surface area contributed by atoms with Crippen molar-refractivity contribution >= 4 is 0 Å². The number of rotatable bonds is 5. The van der Waals surface area contributed by atoms with Crippen LogP contribution in [-0.4, -0.2) is 11.7 Å². The lowest BCUT2D eigenvalue weighted by molar-refractivity contribution is 0.194. The van der Waals surface area contributed by atoms with Crippen LogP contribution in [0.25, 0.3) is 0 Å². The van der Waals surface area contributed by atoms with E-state index >= 15 is 0 Å².